The van der Waals surface area contributed by atoms with Crippen LogP contribution in [0.4, 0.5) is 0 Å². The highest BCUT2D eigenvalue weighted by molar-refractivity contribution is 6.46. The Balaban J connectivity index is 1.76. The Morgan fingerprint density at radius 1 is 0.974 bits per heavy atom. The molecule has 4 rings (SSSR count). The second-order valence-electron chi connectivity index (χ2n) is 10.0. The molecule has 0 radical (unpaired) electrons. The molecule has 1 N–H and O–H groups in total. The zero-order chi connectivity index (χ0) is 27.2. The fourth-order valence-corrected chi connectivity index (χ4v) is 4.60. The van der Waals surface area contributed by atoms with Crippen molar-refractivity contribution in [3.8, 4) is 11.5 Å². The number of likely N-dealkylation sites (tertiary alicyclic amines) is 1. The SMILES string of the molecule is COc1cc(C2/C(=C(\O)c3ccc(C)cc3)C(=O)C(=O)N2CCc2ccccc2)ccc1OCCC(C)C. The molecule has 1 fully saturated rings. The molecule has 3 aromatic rings. The summed E-state index contributed by atoms with van der Waals surface area (Å²) in [6.45, 7) is 7.09. The van der Waals surface area contributed by atoms with Gasteiger partial charge >= 0.3 is 0 Å². The van der Waals surface area contributed by atoms with Gasteiger partial charge in [-0.25, -0.2) is 0 Å². The number of rotatable bonds is 10. The Hall–Kier alpha value is -4.06. The summed E-state index contributed by atoms with van der Waals surface area (Å²) in [6.07, 6.45) is 1.48. The minimum Gasteiger partial charge on any atom is -0.507 e. The minimum absolute atomic E-state index is 0.0717. The molecule has 6 heteroatoms. The van der Waals surface area contributed by atoms with Crippen molar-refractivity contribution < 1.29 is 24.2 Å². The third-order valence-electron chi connectivity index (χ3n) is 6.81. The molecule has 1 saturated heterocycles. The van der Waals surface area contributed by atoms with E-state index in [4.69, 9.17) is 9.47 Å². The van der Waals surface area contributed by atoms with Crippen LogP contribution in [-0.4, -0.2) is 42.0 Å². The quantitative estimate of drug-likeness (QED) is 0.202. The molecule has 1 unspecified atom stereocenters. The molecule has 1 atom stereocenters. The van der Waals surface area contributed by atoms with Crippen LogP contribution < -0.4 is 9.47 Å². The molecule has 0 aromatic heterocycles. The van der Waals surface area contributed by atoms with E-state index in [1.165, 1.54) is 0 Å². The number of hydrogen-bond acceptors (Lipinski definition) is 5. The summed E-state index contributed by atoms with van der Waals surface area (Å²) in [5.41, 5.74) is 3.31. The lowest BCUT2D eigenvalue weighted by Gasteiger charge is -2.26. The Bertz CT molecular complexity index is 1310. The molecule has 1 aliphatic rings. The van der Waals surface area contributed by atoms with Crippen molar-refractivity contribution in [2.24, 2.45) is 5.92 Å². The lowest BCUT2D eigenvalue weighted by molar-refractivity contribution is -0.139. The van der Waals surface area contributed by atoms with Crippen LogP contribution in [0.1, 0.15) is 48.6 Å². The average Bonchev–Trinajstić information content (AvgIpc) is 3.17. The average molecular weight is 514 g/mol. The van der Waals surface area contributed by atoms with Crippen LogP contribution in [0.3, 0.4) is 0 Å². The second kappa shape index (κ2) is 12.0. The van der Waals surface area contributed by atoms with E-state index in [2.05, 4.69) is 13.8 Å². The summed E-state index contributed by atoms with van der Waals surface area (Å²) < 4.78 is 11.6. The van der Waals surface area contributed by atoms with Crippen molar-refractivity contribution in [1.29, 1.82) is 0 Å². The number of hydrogen-bond donors (Lipinski definition) is 1. The van der Waals surface area contributed by atoms with Gasteiger partial charge in [-0.3, -0.25) is 9.59 Å². The number of benzene rings is 3. The number of carbonyl (C=O) groups excluding carboxylic acids is 2. The van der Waals surface area contributed by atoms with Crippen molar-refractivity contribution in [2.75, 3.05) is 20.3 Å². The van der Waals surface area contributed by atoms with E-state index in [1.807, 2.05) is 55.5 Å². The minimum atomic E-state index is -0.765. The van der Waals surface area contributed by atoms with E-state index in [-0.39, 0.29) is 11.3 Å². The molecule has 1 amide bonds. The van der Waals surface area contributed by atoms with Gasteiger partial charge < -0.3 is 19.5 Å². The number of nitrogens with zero attached hydrogens (tertiary/aromatic N) is 1. The molecule has 1 heterocycles. The fourth-order valence-electron chi connectivity index (χ4n) is 4.60. The number of methoxy groups -OCH3 is 1. The molecule has 1 aliphatic heterocycles. The molecular formula is C32H35NO5. The molecule has 0 saturated carbocycles. The number of ether oxygens (including phenoxy) is 2. The van der Waals surface area contributed by atoms with Crippen LogP contribution in [0, 0.1) is 12.8 Å². The molecule has 0 aliphatic carbocycles. The van der Waals surface area contributed by atoms with Crippen molar-refractivity contribution in [1.82, 2.24) is 4.90 Å². The van der Waals surface area contributed by atoms with Gasteiger partial charge in [0.25, 0.3) is 11.7 Å². The monoisotopic (exact) mass is 513 g/mol. The normalized spacial score (nSPS) is 16.8. The first-order chi connectivity index (χ1) is 18.3. The van der Waals surface area contributed by atoms with Gasteiger partial charge in [0.05, 0.1) is 25.3 Å². The van der Waals surface area contributed by atoms with E-state index in [9.17, 15) is 14.7 Å². The van der Waals surface area contributed by atoms with Gasteiger partial charge in [0, 0.05) is 12.1 Å². The maximum atomic E-state index is 13.4. The Morgan fingerprint density at radius 3 is 2.34 bits per heavy atom. The predicted octanol–water partition coefficient (Wildman–Crippen LogP) is 6.09. The summed E-state index contributed by atoms with van der Waals surface area (Å²) >= 11 is 0. The summed E-state index contributed by atoms with van der Waals surface area (Å²) in [7, 11) is 1.56. The van der Waals surface area contributed by atoms with Crippen LogP contribution in [-0.2, 0) is 16.0 Å². The molecular weight excluding hydrogens is 478 g/mol. The largest absolute Gasteiger partial charge is 0.507 e. The second-order valence-corrected chi connectivity index (χ2v) is 10.0. The standard InChI is InChI=1S/C32H35NO5/c1-21(2)17-19-38-26-15-14-25(20-27(26)37-4)29-28(30(34)24-12-10-22(3)11-13-24)31(35)32(36)33(29)18-16-23-8-6-5-7-9-23/h5-15,20-21,29,34H,16-19H2,1-4H3/b30-28+. The number of aliphatic hydroxyl groups is 1. The van der Waals surface area contributed by atoms with E-state index in [1.54, 1.807) is 36.3 Å². The van der Waals surface area contributed by atoms with E-state index in [0.29, 0.717) is 48.1 Å². The van der Waals surface area contributed by atoms with E-state index in [0.717, 1.165) is 17.5 Å². The Morgan fingerprint density at radius 2 is 1.68 bits per heavy atom. The topological polar surface area (TPSA) is 76.1 Å². The predicted molar refractivity (Wildman–Crippen MR) is 148 cm³/mol. The number of aryl methyl sites for hydroxylation is 1. The number of aliphatic hydroxyl groups excluding tert-OH is 1. The lowest BCUT2D eigenvalue weighted by Crippen LogP contribution is -2.31. The highest BCUT2D eigenvalue weighted by Crippen LogP contribution is 2.42. The molecule has 0 bridgehead atoms. The molecule has 38 heavy (non-hydrogen) atoms. The molecule has 3 aromatic carbocycles. The summed E-state index contributed by atoms with van der Waals surface area (Å²) in [5.74, 6) is 0.0956. The van der Waals surface area contributed by atoms with Gasteiger partial charge in [-0.1, -0.05) is 80.1 Å². The first-order valence-corrected chi connectivity index (χ1v) is 13.0. The molecule has 0 spiro atoms. The van der Waals surface area contributed by atoms with Gasteiger partial charge in [-0.05, 0) is 48.9 Å². The zero-order valence-electron chi connectivity index (χ0n) is 22.4. The van der Waals surface area contributed by atoms with Crippen molar-refractivity contribution in [3.63, 3.8) is 0 Å². The Kier molecular flexibility index (Phi) is 8.52. The van der Waals surface area contributed by atoms with Crippen LogP contribution in [0.5, 0.6) is 11.5 Å². The van der Waals surface area contributed by atoms with Crippen molar-refractivity contribution in [3.05, 3.63) is 101 Å². The summed E-state index contributed by atoms with van der Waals surface area (Å²) in [6, 6.07) is 21.7. The number of Topliss-reactive ketones (excluding diaryl/α,β-unsaturated/α-hetero) is 1. The molecule has 198 valence electrons. The first kappa shape index (κ1) is 27.0. The number of amides is 1. The van der Waals surface area contributed by atoms with Crippen molar-refractivity contribution >= 4 is 17.4 Å². The fraction of sp³-hybridized carbons (Fsp3) is 0.312. The van der Waals surface area contributed by atoms with E-state index < -0.39 is 17.7 Å². The van der Waals surface area contributed by atoms with Crippen LogP contribution in [0.15, 0.2) is 78.4 Å². The number of ketones is 1. The van der Waals surface area contributed by atoms with Crippen LogP contribution in [0.2, 0.25) is 0 Å². The van der Waals surface area contributed by atoms with E-state index >= 15 is 0 Å². The van der Waals surface area contributed by atoms with Crippen molar-refractivity contribution in [2.45, 2.75) is 39.7 Å². The highest BCUT2D eigenvalue weighted by Gasteiger charge is 2.46. The van der Waals surface area contributed by atoms with Gasteiger partial charge in [0.1, 0.15) is 5.76 Å². The first-order valence-electron chi connectivity index (χ1n) is 13.0. The third-order valence-corrected chi connectivity index (χ3v) is 6.81. The van der Waals surface area contributed by atoms with Crippen LogP contribution >= 0.6 is 0 Å². The number of carbonyl (C=O) groups is 2. The van der Waals surface area contributed by atoms with Gasteiger partial charge in [0.2, 0.25) is 0 Å². The van der Waals surface area contributed by atoms with Crippen LogP contribution in [0.25, 0.3) is 5.76 Å². The summed E-state index contributed by atoms with van der Waals surface area (Å²) in [4.78, 5) is 28.2. The maximum Gasteiger partial charge on any atom is 0.295 e. The smallest absolute Gasteiger partial charge is 0.295 e. The van der Waals surface area contributed by atoms with Gasteiger partial charge in [-0.2, -0.15) is 0 Å². The van der Waals surface area contributed by atoms with Gasteiger partial charge in [-0.15, -0.1) is 0 Å². The lowest BCUT2D eigenvalue weighted by atomic mass is 9.94. The van der Waals surface area contributed by atoms with Gasteiger partial charge in [0.15, 0.2) is 11.5 Å². The summed E-state index contributed by atoms with van der Waals surface area (Å²) in [5, 5.41) is 11.3. The molecule has 6 nitrogen and oxygen atoms in total. The maximum absolute atomic E-state index is 13.4. The third kappa shape index (κ3) is 5.91. The highest BCUT2D eigenvalue weighted by atomic mass is 16.5. The Labute approximate surface area is 224 Å². The zero-order valence-corrected chi connectivity index (χ0v) is 22.4.